The van der Waals surface area contributed by atoms with Gasteiger partial charge < -0.3 is 14.2 Å². The molecule has 1 heterocycles. The normalized spacial score (nSPS) is 14.8. The number of methoxy groups -OCH3 is 1. The van der Waals surface area contributed by atoms with Crippen molar-refractivity contribution in [3.63, 3.8) is 0 Å². The molecule has 0 bridgehead atoms. The number of ether oxygens (including phenoxy) is 3. The van der Waals surface area contributed by atoms with Gasteiger partial charge in [0, 0.05) is 5.02 Å². The van der Waals surface area contributed by atoms with Gasteiger partial charge in [-0.15, -0.1) is 0 Å². The first kappa shape index (κ1) is 24.2. The Bertz CT molecular complexity index is 1070. The molecule has 0 radical (unpaired) electrons. The number of amides is 2. The van der Waals surface area contributed by atoms with E-state index >= 15 is 0 Å². The summed E-state index contributed by atoms with van der Waals surface area (Å²) in [6.07, 6.45) is 1.57. The van der Waals surface area contributed by atoms with Crippen LogP contribution in [0.4, 0.5) is 4.79 Å². The largest absolute Gasteiger partial charge is 0.490 e. The predicted molar refractivity (Wildman–Crippen MR) is 126 cm³/mol. The zero-order chi connectivity index (χ0) is 23.3. The van der Waals surface area contributed by atoms with Crippen molar-refractivity contribution in [2.75, 3.05) is 20.3 Å². The molecule has 2 aromatic carbocycles. The summed E-state index contributed by atoms with van der Waals surface area (Å²) in [6.45, 7) is 2.13. The van der Waals surface area contributed by atoms with E-state index in [1.807, 2.05) is 19.1 Å². The molecule has 0 aliphatic carbocycles. The third kappa shape index (κ3) is 5.85. The second kappa shape index (κ2) is 10.9. The average Bonchev–Trinajstić information content (AvgIpc) is 3.01. The molecule has 1 fully saturated rings. The number of esters is 1. The molecule has 0 atom stereocenters. The maximum absolute atomic E-state index is 12.5. The van der Waals surface area contributed by atoms with E-state index in [0.29, 0.717) is 39.8 Å². The minimum absolute atomic E-state index is 0.197. The number of imide groups is 1. The summed E-state index contributed by atoms with van der Waals surface area (Å²) < 4.78 is 16.9. The molecule has 1 aliphatic heterocycles. The number of rotatable bonds is 8. The second-order valence-corrected chi connectivity index (χ2v) is 8.81. The molecule has 2 amide bonds. The molecule has 7 nitrogen and oxygen atoms in total. The van der Waals surface area contributed by atoms with Gasteiger partial charge in [-0.25, -0.2) is 0 Å². The van der Waals surface area contributed by atoms with Crippen LogP contribution in [0.2, 0.25) is 5.02 Å². The summed E-state index contributed by atoms with van der Waals surface area (Å²) in [6, 6.07) is 10.8. The van der Waals surface area contributed by atoms with Crippen molar-refractivity contribution in [3.8, 4) is 11.5 Å². The van der Waals surface area contributed by atoms with E-state index < -0.39 is 23.7 Å². The van der Waals surface area contributed by atoms with Crippen LogP contribution in [0.25, 0.3) is 6.08 Å². The third-order valence-corrected chi connectivity index (χ3v) is 6.06. The highest BCUT2D eigenvalue weighted by Crippen LogP contribution is 2.39. The van der Waals surface area contributed by atoms with Crippen molar-refractivity contribution in [3.05, 3.63) is 61.9 Å². The van der Waals surface area contributed by atoms with Crippen LogP contribution in [-0.4, -0.2) is 42.3 Å². The summed E-state index contributed by atoms with van der Waals surface area (Å²) in [5, 5.41) is 0.115. The van der Waals surface area contributed by atoms with Gasteiger partial charge in [0.1, 0.15) is 13.2 Å². The number of hydrogen-bond acceptors (Lipinski definition) is 7. The Morgan fingerprint density at radius 3 is 2.56 bits per heavy atom. The summed E-state index contributed by atoms with van der Waals surface area (Å²) in [7, 11) is 1.20. The molecule has 32 heavy (non-hydrogen) atoms. The Balaban J connectivity index is 1.83. The standard InChI is InChI=1S/C22H19BrClNO6S/c1-3-30-17-9-14(10-18-21(27)25(22(28)32-18)11-19(26)29-2)8-16(23)20(17)31-12-13-4-6-15(24)7-5-13/h4-10H,3,11-12H2,1-2H3/b18-10+. The van der Waals surface area contributed by atoms with Crippen molar-refractivity contribution in [2.24, 2.45) is 0 Å². The molecule has 0 aromatic heterocycles. The molecular formula is C22H19BrClNO6S. The SMILES string of the molecule is CCOc1cc(/C=C2/SC(=O)N(CC(=O)OC)C2=O)cc(Br)c1OCc1ccc(Cl)cc1. The van der Waals surface area contributed by atoms with Gasteiger partial charge >= 0.3 is 5.97 Å². The van der Waals surface area contributed by atoms with Crippen LogP contribution in [0.1, 0.15) is 18.1 Å². The lowest BCUT2D eigenvalue weighted by Gasteiger charge is -2.15. The molecule has 0 saturated carbocycles. The van der Waals surface area contributed by atoms with Gasteiger partial charge in [0.2, 0.25) is 0 Å². The first-order valence-electron chi connectivity index (χ1n) is 9.48. The molecular weight excluding hydrogens is 522 g/mol. The van der Waals surface area contributed by atoms with Crippen LogP contribution < -0.4 is 9.47 Å². The zero-order valence-corrected chi connectivity index (χ0v) is 20.4. The predicted octanol–water partition coefficient (Wildman–Crippen LogP) is 5.29. The first-order valence-corrected chi connectivity index (χ1v) is 11.5. The molecule has 2 aromatic rings. The highest BCUT2D eigenvalue weighted by atomic mass is 79.9. The Kier molecular flexibility index (Phi) is 8.22. The average molecular weight is 541 g/mol. The summed E-state index contributed by atoms with van der Waals surface area (Å²) in [5.74, 6) is -0.228. The van der Waals surface area contributed by atoms with Crippen molar-refractivity contribution in [1.29, 1.82) is 0 Å². The summed E-state index contributed by atoms with van der Waals surface area (Å²) in [4.78, 5) is 37.2. The number of halogens is 2. The lowest BCUT2D eigenvalue weighted by molar-refractivity contribution is -0.143. The molecule has 3 rings (SSSR count). The highest BCUT2D eigenvalue weighted by Gasteiger charge is 2.36. The van der Waals surface area contributed by atoms with E-state index in [4.69, 9.17) is 21.1 Å². The Morgan fingerprint density at radius 2 is 1.91 bits per heavy atom. The van der Waals surface area contributed by atoms with E-state index in [-0.39, 0.29) is 4.91 Å². The minimum atomic E-state index is -0.669. The van der Waals surface area contributed by atoms with Crippen LogP contribution in [0.3, 0.4) is 0 Å². The summed E-state index contributed by atoms with van der Waals surface area (Å²) >= 11 is 10.2. The monoisotopic (exact) mass is 539 g/mol. The van der Waals surface area contributed by atoms with E-state index in [1.165, 1.54) is 7.11 Å². The van der Waals surface area contributed by atoms with Crippen LogP contribution in [0.15, 0.2) is 45.8 Å². The maximum Gasteiger partial charge on any atom is 0.325 e. The van der Waals surface area contributed by atoms with Gasteiger partial charge in [-0.1, -0.05) is 23.7 Å². The molecule has 0 N–H and O–H groups in total. The number of nitrogens with zero attached hydrogens (tertiary/aromatic N) is 1. The third-order valence-electron chi connectivity index (χ3n) is 4.31. The molecule has 1 saturated heterocycles. The van der Waals surface area contributed by atoms with Gasteiger partial charge in [-0.05, 0) is 76.1 Å². The molecule has 0 unspecified atom stereocenters. The summed E-state index contributed by atoms with van der Waals surface area (Å²) in [5.41, 5.74) is 1.56. The second-order valence-electron chi connectivity index (χ2n) is 6.52. The van der Waals surface area contributed by atoms with Gasteiger partial charge in [0.25, 0.3) is 11.1 Å². The van der Waals surface area contributed by atoms with Crippen molar-refractivity contribution >= 4 is 62.5 Å². The topological polar surface area (TPSA) is 82.1 Å². The Hall–Kier alpha value is -2.49. The lowest BCUT2D eigenvalue weighted by Crippen LogP contribution is -2.34. The number of hydrogen-bond donors (Lipinski definition) is 0. The fourth-order valence-corrected chi connectivity index (χ4v) is 4.33. The molecule has 168 valence electrons. The fraction of sp³-hybridized carbons (Fsp3) is 0.227. The molecule has 1 aliphatic rings. The van der Waals surface area contributed by atoms with Crippen LogP contribution in [0.5, 0.6) is 11.5 Å². The van der Waals surface area contributed by atoms with Gasteiger partial charge in [-0.2, -0.15) is 0 Å². The van der Waals surface area contributed by atoms with Crippen LogP contribution >= 0.6 is 39.3 Å². The van der Waals surface area contributed by atoms with E-state index in [1.54, 1.807) is 30.3 Å². The van der Waals surface area contributed by atoms with Gasteiger partial charge in [0.15, 0.2) is 11.5 Å². The van der Waals surface area contributed by atoms with Crippen LogP contribution in [0, 0.1) is 0 Å². The minimum Gasteiger partial charge on any atom is -0.490 e. The van der Waals surface area contributed by atoms with Gasteiger partial charge in [0.05, 0.1) is 23.1 Å². The maximum atomic E-state index is 12.5. The number of thioether (sulfide) groups is 1. The van der Waals surface area contributed by atoms with E-state index in [9.17, 15) is 14.4 Å². The van der Waals surface area contributed by atoms with Crippen LogP contribution in [-0.2, 0) is 20.9 Å². The number of carbonyl (C=O) groups is 3. The van der Waals surface area contributed by atoms with Crippen molar-refractivity contribution in [2.45, 2.75) is 13.5 Å². The first-order chi connectivity index (χ1) is 15.3. The zero-order valence-electron chi connectivity index (χ0n) is 17.2. The molecule has 10 heteroatoms. The van der Waals surface area contributed by atoms with Gasteiger partial charge in [-0.3, -0.25) is 19.3 Å². The smallest absolute Gasteiger partial charge is 0.325 e. The fourth-order valence-electron chi connectivity index (χ4n) is 2.79. The quantitative estimate of drug-likeness (QED) is 0.332. The Morgan fingerprint density at radius 1 is 1.19 bits per heavy atom. The van der Waals surface area contributed by atoms with Crippen molar-refractivity contribution < 1.29 is 28.6 Å². The highest BCUT2D eigenvalue weighted by molar-refractivity contribution is 9.10. The van der Waals surface area contributed by atoms with Crippen molar-refractivity contribution in [1.82, 2.24) is 4.90 Å². The Labute approximate surface area is 202 Å². The molecule has 0 spiro atoms. The number of benzene rings is 2. The van der Waals surface area contributed by atoms with E-state index in [2.05, 4.69) is 20.7 Å². The lowest BCUT2D eigenvalue weighted by atomic mass is 10.1. The number of carbonyl (C=O) groups excluding carboxylic acids is 3. The van der Waals surface area contributed by atoms with E-state index in [0.717, 1.165) is 22.2 Å².